The number of nitrogens with zero attached hydrogens (tertiary/aromatic N) is 2. The van der Waals surface area contributed by atoms with Crippen LogP contribution in [0.15, 0.2) is 23.4 Å². The molecule has 0 radical (unpaired) electrons. The van der Waals surface area contributed by atoms with Crippen molar-refractivity contribution in [2.45, 2.75) is 38.8 Å². The second kappa shape index (κ2) is 4.85. The van der Waals surface area contributed by atoms with Crippen molar-refractivity contribution in [3.63, 3.8) is 0 Å². The summed E-state index contributed by atoms with van der Waals surface area (Å²) < 4.78 is 0. The Hall–Kier alpha value is -1.55. The number of hydrogen-bond acceptors (Lipinski definition) is 3. The lowest BCUT2D eigenvalue weighted by atomic mass is 10.0. The quantitative estimate of drug-likeness (QED) is 0.378. The zero-order valence-corrected chi connectivity index (χ0v) is 11.3. The Morgan fingerprint density at radius 3 is 2.89 bits per heavy atom. The van der Waals surface area contributed by atoms with Crippen molar-refractivity contribution in [1.82, 2.24) is 4.90 Å². The molecule has 1 aliphatic carbocycles. The lowest BCUT2D eigenvalue weighted by molar-refractivity contribution is 0.205. The number of amidine groups is 1. The number of benzene rings is 1. The highest BCUT2D eigenvalue weighted by Crippen LogP contribution is 2.38. The first-order valence-corrected chi connectivity index (χ1v) is 6.99. The van der Waals surface area contributed by atoms with E-state index in [2.05, 4.69) is 23.0 Å². The average molecular weight is 259 g/mol. The van der Waals surface area contributed by atoms with Crippen LogP contribution in [0, 0.1) is 12.8 Å². The minimum atomic E-state index is 0.176. The molecule has 4 nitrogen and oxygen atoms in total. The molecule has 1 aromatic carbocycles. The fourth-order valence-corrected chi connectivity index (χ4v) is 3.53. The van der Waals surface area contributed by atoms with Gasteiger partial charge in [-0.3, -0.25) is 4.90 Å². The van der Waals surface area contributed by atoms with Gasteiger partial charge in [0.1, 0.15) is 0 Å². The smallest absolute Gasteiger partial charge is 0.170 e. The summed E-state index contributed by atoms with van der Waals surface area (Å²) in [4.78, 5) is 2.61. The summed E-state index contributed by atoms with van der Waals surface area (Å²) in [5, 5.41) is 11.8. The van der Waals surface area contributed by atoms with Gasteiger partial charge in [0.2, 0.25) is 0 Å². The fourth-order valence-electron chi connectivity index (χ4n) is 3.53. The molecule has 2 aliphatic rings. The maximum atomic E-state index is 8.70. The molecule has 1 saturated carbocycles. The molecule has 2 fully saturated rings. The van der Waals surface area contributed by atoms with E-state index in [1.54, 1.807) is 0 Å². The van der Waals surface area contributed by atoms with E-state index in [1.165, 1.54) is 36.9 Å². The van der Waals surface area contributed by atoms with Gasteiger partial charge >= 0.3 is 0 Å². The number of piperidine rings is 1. The summed E-state index contributed by atoms with van der Waals surface area (Å²) in [5.74, 6) is 1.11. The highest BCUT2D eigenvalue weighted by molar-refractivity contribution is 5.97. The number of rotatable bonds is 3. The predicted molar refractivity (Wildman–Crippen MR) is 75.2 cm³/mol. The van der Waals surface area contributed by atoms with E-state index < -0.39 is 0 Å². The molecule has 102 valence electrons. The molecule has 19 heavy (non-hydrogen) atoms. The molecule has 3 N–H and O–H groups in total. The van der Waals surface area contributed by atoms with Gasteiger partial charge in [-0.15, -0.1) is 0 Å². The molecule has 2 atom stereocenters. The van der Waals surface area contributed by atoms with E-state index in [1.807, 2.05) is 12.1 Å². The van der Waals surface area contributed by atoms with E-state index >= 15 is 0 Å². The SMILES string of the molecule is Cc1cc(/C(N)=N/O)ccc1CN1CC2CCC1C2. The van der Waals surface area contributed by atoms with Crippen molar-refractivity contribution in [2.24, 2.45) is 16.8 Å². The van der Waals surface area contributed by atoms with E-state index in [4.69, 9.17) is 10.9 Å². The Labute approximate surface area is 113 Å². The van der Waals surface area contributed by atoms with Gasteiger partial charge in [-0.2, -0.15) is 0 Å². The van der Waals surface area contributed by atoms with Crippen LogP contribution in [0.5, 0.6) is 0 Å². The zero-order chi connectivity index (χ0) is 13.4. The summed E-state index contributed by atoms with van der Waals surface area (Å²) in [6.45, 7) is 4.38. The summed E-state index contributed by atoms with van der Waals surface area (Å²) >= 11 is 0. The maximum Gasteiger partial charge on any atom is 0.170 e. The number of aryl methyl sites for hydroxylation is 1. The Balaban J connectivity index is 1.75. The average Bonchev–Trinajstić information content (AvgIpc) is 3.02. The molecule has 1 saturated heterocycles. The number of likely N-dealkylation sites (tertiary alicyclic amines) is 1. The van der Waals surface area contributed by atoms with E-state index in [0.29, 0.717) is 0 Å². The number of hydrogen-bond donors (Lipinski definition) is 2. The van der Waals surface area contributed by atoms with Crippen LogP contribution in [0.25, 0.3) is 0 Å². The molecule has 0 spiro atoms. The van der Waals surface area contributed by atoms with Gasteiger partial charge in [0.05, 0.1) is 0 Å². The van der Waals surface area contributed by atoms with Gasteiger partial charge in [-0.05, 0) is 49.3 Å². The topological polar surface area (TPSA) is 61.9 Å². The van der Waals surface area contributed by atoms with Crippen LogP contribution in [-0.2, 0) is 6.54 Å². The third-order valence-corrected chi connectivity index (χ3v) is 4.64. The molecular weight excluding hydrogens is 238 g/mol. The van der Waals surface area contributed by atoms with Crippen LogP contribution in [-0.4, -0.2) is 28.5 Å². The first-order valence-electron chi connectivity index (χ1n) is 6.99. The Morgan fingerprint density at radius 2 is 2.32 bits per heavy atom. The lowest BCUT2D eigenvalue weighted by Gasteiger charge is -2.27. The molecule has 1 heterocycles. The van der Waals surface area contributed by atoms with Crippen molar-refractivity contribution < 1.29 is 5.21 Å². The fraction of sp³-hybridized carbons (Fsp3) is 0.533. The zero-order valence-electron chi connectivity index (χ0n) is 11.3. The highest BCUT2D eigenvalue weighted by Gasteiger charge is 2.37. The van der Waals surface area contributed by atoms with Crippen LogP contribution in [0.2, 0.25) is 0 Å². The van der Waals surface area contributed by atoms with E-state index in [-0.39, 0.29) is 5.84 Å². The first-order chi connectivity index (χ1) is 9.17. The highest BCUT2D eigenvalue weighted by atomic mass is 16.4. The van der Waals surface area contributed by atoms with E-state index in [0.717, 1.165) is 24.1 Å². The van der Waals surface area contributed by atoms with Gasteiger partial charge < -0.3 is 10.9 Å². The molecule has 1 aromatic rings. The number of fused-ring (bicyclic) bond motifs is 2. The summed E-state index contributed by atoms with van der Waals surface area (Å²) in [7, 11) is 0. The normalized spacial score (nSPS) is 27.1. The first kappa shape index (κ1) is 12.5. The molecular formula is C15H21N3O. The van der Waals surface area contributed by atoms with Gasteiger partial charge in [0.15, 0.2) is 5.84 Å². The summed E-state index contributed by atoms with van der Waals surface area (Å²) in [5.41, 5.74) is 8.96. The van der Waals surface area contributed by atoms with Crippen molar-refractivity contribution in [3.8, 4) is 0 Å². The van der Waals surface area contributed by atoms with Crippen LogP contribution in [0.4, 0.5) is 0 Å². The third-order valence-electron chi connectivity index (χ3n) is 4.64. The molecule has 2 bridgehead atoms. The van der Waals surface area contributed by atoms with Crippen molar-refractivity contribution in [3.05, 3.63) is 34.9 Å². The van der Waals surface area contributed by atoms with Crippen molar-refractivity contribution in [1.29, 1.82) is 0 Å². The minimum absolute atomic E-state index is 0.176. The maximum absolute atomic E-state index is 8.70. The Kier molecular flexibility index (Phi) is 3.19. The van der Waals surface area contributed by atoms with Gasteiger partial charge in [0, 0.05) is 24.7 Å². The molecule has 1 aliphatic heterocycles. The Bertz CT molecular complexity index is 512. The summed E-state index contributed by atoms with van der Waals surface area (Å²) in [6, 6.07) is 6.84. The standard InChI is InChI=1S/C15H21N3O/c1-10-6-12(15(16)17-19)3-4-13(10)9-18-8-11-2-5-14(18)7-11/h3-4,6,11,14,19H,2,5,7-9H2,1H3,(H2,16,17). The van der Waals surface area contributed by atoms with Gasteiger partial charge in [-0.25, -0.2) is 0 Å². The lowest BCUT2D eigenvalue weighted by Crippen LogP contribution is -2.31. The predicted octanol–water partition coefficient (Wildman–Crippen LogP) is 2.07. The van der Waals surface area contributed by atoms with Gasteiger partial charge in [-0.1, -0.05) is 17.3 Å². The van der Waals surface area contributed by atoms with Gasteiger partial charge in [0.25, 0.3) is 0 Å². The molecule has 0 aromatic heterocycles. The molecule has 3 rings (SSSR count). The summed E-state index contributed by atoms with van der Waals surface area (Å²) in [6.07, 6.45) is 4.18. The van der Waals surface area contributed by atoms with Crippen LogP contribution in [0.1, 0.15) is 36.0 Å². The third kappa shape index (κ3) is 2.32. The van der Waals surface area contributed by atoms with Crippen LogP contribution in [0.3, 0.4) is 0 Å². The molecule has 0 amide bonds. The van der Waals surface area contributed by atoms with Crippen LogP contribution >= 0.6 is 0 Å². The largest absolute Gasteiger partial charge is 0.409 e. The van der Waals surface area contributed by atoms with Crippen molar-refractivity contribution >= 4 is 5.84 Å². The number of oxime groups is 1. The second-order valence-electron chi connectivity index (χ2n) is 5.89. The van der Waals surface area contributed by atoms with E-state index in [9.17, 15) is 0 Å². The number of nitrogens with two attached hydrogens (primary N) is 1. The minimum Gasteiger partial charge on any atom is -0.409 e. The van der Waals surface area contributed by atoms with Crippen molar-refractivity contribution in [2.75, 3.05) is 6.54 Å². The molecule has 2 unspecified atom stereocenters. The Morgan fingerprint density at radius 1 is 1.47 bits per heavy atom. The monoisotopic (exact) mass is 259 g/mol. The molecule has 4 heteroatoms. The van der Waals surface area contributed by atoms with Crippen LogP contribution < -0.4 is 5.73 Å². The second-order valence-corrected chi connectivity index (χ2v) is 5.89.